The predicted molar refractivity (Wildman–Crippen MR) is 95.0 cm³/mol. The summed E-state index contributed by atoms with van der Waals surface area (Å²) in [5.41, 5.74) is 1.43. The van der Waals surface area contributed by atoms with E-state index in [-0.39, 0.29) is 12.5 Å². The van der Waals surface area contributed by atoms with E-state index < -0.39 is 5.97 Å². The third-order valence-corrected chi connectivity index (χ3v) is 3.74. The maximum atomic E-state index is 12.4. The van der Waals surface area contributed by atoms with Crippen molar-refractivity contribution >= 4 is 11.9 Å². The number of hydrogen-bond donors (Lipinski definition) is 1. The molecule has 7 heteroatoms. The quantitative estimate of drug-likeness (QED) is 0.765. The number of ether oxygens (including phenoxy) is 4. The smallest absolute Gasteiger partial charge is 0.341 e. The maximum Gasteiger partial charge on any atom is 0.341 e. The van der Waals surface area contributed by atoms with Crippen LogP contribution in [0.15, 0.2) is 36.4 Å². The van der Waals surface area contributed by atoms with Crippen molar-refractivity contribution in [2.75, 3.05) is 28.4 Å². The standard InChI is InChI=1S/C19H21NO6/c1-23-14-8-13(9-15(10-14)24-2)18(21)20-11-12-5-6-17(25-3)16(7-12)19(22)26-4/h5-10H,11H2,1-4H3,(H,20,21). The van der Waals surface area contributed by atoms with Gasteiger partial charge in [0.2, 0.25) is 0 Å². The average molecular weight is 359 g/mol. The number of hydrogen-bond acceptors (Lipinski definition) is 6. The first-order valence-corrected chi connectivity index (χ1v) is 7.78. The van der Waals surface area contributed by atoms with Crippen molar-refractivity contribution in [2.45, 2.75) is 6.54 Å². The molecule has 0 saturated carbocycles. The number of rotatable bonds is 7. The summed E-state index contributed by atoms with van der Waals surface area (Å²) in [5, 5.41) is 2.80. The molecule has 0 heterocycles. The molecule has 1 amide bonds. The molecule has 0 saturated heterocycles. The predicted octanol–water partition coefficient (Wildman–Crippen LogP) is 2.43. The third kappa shape index (κ3) is 4.44. The van der Waals surface area contributed by atoms with E-state index in [4.69, 9.17) is 18.9 Å². The molecule has 0 aliphatic heterocycles. The molecule has 0 unspecified atom stereocenters. The Bertz CT molecular complexity index is 780. The molecule has 0 fully saturated rings. The lowest BCUT2D eigenvalue weighted by atomic mass is 10.1. The van der Waals surface area contributed by atoms with Crippen LogP contribution in [0.3, 0.4) is 0 Å². The Kier molecular flexibility index (Phi) is 6.43. The van der Waals surface area contributed by atoms with Crippen molar-refractivity contribution < 1.29 is 28.5 Å². The number of nitrogens with one attached hydrogen (secondary N) is 1. The highest BCUT2D eigenvalue weighted by molar-refractivity contribution is 5.95. The van der Waals surface area contributed by atoms with Gasteiger partial charge in [0.25, 0.3) is 5.91 Å². The molecule has 26 heavy (non-hydrogen) atoms. The van der Waals surface area contributed by atoms with Gasteiger partial charge in [0.05, 0.1) is 28.4 Å². The number of esters is 1. The summed E-state index contributed by atoms with van der Waals surface area (Å²) in [5.74, 6) is 0.647. The van der Waals surface area contributed by atoms with Crippen molar-refractivity contribution in [2.24, 2.45) is 0 Å². The summed E-state index contributed by atoms with van der Waals surface area (Å²) in [6.45, 7) is 0.229. The zero-order chi connectivity index (χ0) is 19.1. The lowest BCUT2D eigenvalue weighted by molar-refractivity contribution is 0.0597. The summed E-state index contributed by atoms with van der Waals surface area (Å²) < 4.78 is 20.2. The van der Waals surface area contributed by atoms with E-state index >= 15 is 0 Å². The van der Waals surface area contributed by atoms with Crippen LogP contribution in [0.1, 0.15) is 26.3 Å². The molecule has 1 N–H and O–H groups in total. The van der Waals surface area contributed by atoms with Gasteiger partial charge in [-0.2, -0.15) is 0 Å². The van der Waals surface area contributed by atoms with Crippen LogP contribution in [0.5, 0.6) is 17.2 Å². The minimum absolute atomic E-state index is 0.229. The monoisotopic (exact) mass is 359 g/mol. The number of carbonyl (C=O) groups is 2. The molecule has 0 radical (unpaired) electrons. The minimum atomic E-state index is -0.507. The van der Waals surface area contributed by atoms with Crippen molar-refractivity contribution in [3.05, 3.63) is 53.1 Å². The molecular weight excluding hydrogens is 338 g/mol. The fourth-order valence-corrected chi connectivity index (χ4v) is 2.36. The van der Waals surface area contributed by atoms with Crippen molar-refractivity contribution in [3.8, 4) is 17.2 Å². The van der Waals surface area contributed by atoms with Crippen molar-refractivity contribution in [1.29, 1.82) is 0 Å². The second-order valence-corrected chi connectivity index (χ2v) is 5.31. The van der Waals surface area contributed by atoms with Crippen molar-refractivity contribution in [1.82, 2.24) is 5.32 Å². The summed E-state index contributed by atoms with van der Waals surface area (Å²) in [4.78, 5) is 24.2. The van der Waals surface area contributed by atoms with Crippen LogP contribution >= 0.6 is 0 Å². The van der Waals surface area contributed by atoms with E-state index in [9.17, 15) is 9.59 Å². The van der Waals surface area contributed by atoms with Crippen LogP contribution in [-0.2, 0) is 11.3 Å². The number of benzene rings is 2. The lowest BCUT2D eigenvalue weighted by Crippen LogP contribution is -2.23. The van der Waals surface area contributed by atoms with Gasteiger partial charge < -0.3 is 24.3 Å². The highest BCUT2D eigenvalue weighted by atomic mass is 16.5. The summed E-state index contributed by atoms with van der Waals surface area (Å²) >= 11 is 0. The van der Waals surface area contributed by atoms with Gasteiger partial charge in [-0.05, 0) is 29.8 Å². The second kappa shape index (κ2) is 8.75. The van der Waals surface area contributed by atoms with Crippen molar-refractivity contribution in [3.63, 3.8) is 0 Å². The normalized spacial score (nSPS) is 10.0. The molecule has 7 nitrogen and oxygen atoms in total. The van der Waals surface area contributed by atoms with E-state index in [0.717, 1.165) is 5.56 Å². The number of amides is 1. The second-order valence-electron chi connectivity index (χ2n) is 5.31. The first-order chi connectivity index (χ1) is 12.5. The Labute approximate surface area is 151 Å². The first-order valence-electron chi connectivity index (χ1n) is 7.78. The number of methoxy groups -OCH3 is 4. The Morgan fingerprint density at radius 3 is 2.08 bits per heavy atom. The lowest BCUT2D eigenvalue weighted by Gasteiger charge is -2.11. The van der Waals surface area contributed by atoms with Gasteiger partial charge in [-0.15, -0.1) is 0 Å². The molecule has 138 valence electrons. The third-order valence-electron chi connectivity index (χ3n) is 3.74. The summed E-state index contributed by atoms with van der Waals surface area (Å²) in [6, 6.07) is 9.96. The fourth-order valence-electron chi connectivity index (χ4n) is 2.36. The molecule has 0 atom stereocenters. The van der Waals surface area contributed by atoms with Crippen LogP contribution in [0, 0.1) is 0 Å². The van der Waals surface area contributed by atoms with E-state index in [0.29, 0.717) is 28.4 Å². The van der Waals surface area contributed by atoms with Crippen LogP contribution in [0.4, 0.5) is 0 Å². The van der Waals surface area contributed by atoms with E-state index in [1.54, 1.807) is 36.4 Å². The Morgan fingerprint density at radius 2 is 1.54 bits per heavy atom. The van der Waals surface area contributed by atoms with Crippen LogP contribution in [0.25, 0.3) is 0 Å². The molecule has 2 aromatic rings. The molecule has 0 aliphatic rings. The highest BCUT2D eigenvalue weighted by Gasteiger charge is 2.14. The minimum Gasteiger partial charge on any atom is -0.497 e. The fraction of sp³-hybridized carbons (Fsp3) is 0.263. The number of carbonyl (C=O) groups excluding carboxylic acids is 2. The van der Waals surface area contributed by atoms with Gasteiger partial charge >= 0.3 is 5.97 Å². The van der Waals surface area contributed by atoms with Gasteiger partial charge in [0, 0.05) is 18.2 Å². The van der Waals surface area contributed by atoms with E-state index in [2.05, 4.69) is 5.32 Å². The zero-order valence-electron chi connectivity index (χ0n) is 15.1. The average Bonchev–Trinajstić information content (AvgIpc) is 2.70. The molecular formula is C19H21NO6. The first kappa shape index (κ1) is 19.1. The SMILES string of the molecule is COC(=O)c1cc(CNC(=O)c2cc(OC)cc(OC)c2)ccc1OC. The Balaban J connectivity index is 2.16. The van der Waals surface area contributed by atoms with Crippen LogP contribution in [-0.4, -0.2) is 40.3 Å². The Morgan fingerprint density at radius 1 is 0.885 bits per heavy atom. The molecule has 0 bridgehead atoms. The van der Waals surface area contributed by atoms with Crippen LogP contribution in [0.2, 0.25) is 0 Å². The molecule has 0 aromatic heterocycles. The highest BCUT2D eigenvalue weighted by Crippen LogP contribution is 2.23. The van der Waals surface area contributed by atoms with Gasteiger partial charge in [-0.1, -0.05) is 6.07 Å². The van der Waals surface area contributed by atoms with E-state index in [1.807, 2.05) is 0 Å². The molecule has 0 spiro atoms. The molecule has 2 rings (SSSR count). The van der Waals surface area contributed by atoms with E-state index in [1.165, 1.54) is 28.4 Å². The molecule has 0 aliphatic carbocycles. The van der Waals surface area contributed by atoms with Gasteiger partial charge in [-0.25, -0.2) is 4.79 Å². The van der Waals surface area contributed by atoms with Gasteiger partial charge in [0.15, 0.2) is 0 Å². The summed E-state index contributed by atoms with van der Waals surface area (Å²) in [6.07, 6.45) is 0. The zero-order valence-corrected chi connectivity index (χ0v) is 15.1. The summed E-state index contributed by atoms with van der Waals surface area (Å²) in [7, 11) is 5.80. The Hall–Kier alpha value is -3.22. The topological polar surface area (TPSA) is 83.1 Å². The van der Waals surface area contributed by atoms with Crippen LogP contribution < -0.4 is 19.5 Å². The maximum absolute atomic E-state index is 12.4. The molecule has 2 aromatic carbocycles. The largest absolute Gasteiger partial charge is 0.497 e. The van der Waals surface area contributed by atoms with Gasteiger partial charge in [-0.3, -0.25) is 4.79 Å². The van der Waals surface area contributed by atoms with Gasteiger partial charge in [0.1, 0.15) is 22.8 Å².